The second-order valence-corrected chi connectivity index (χ2v) is 5.52. The highest BCUT2D eigenvalue weighted by molar-refractivity contribution is 5.80. The van der Waals surface area contributed by atoms with Crippen LogP contribution in [0.5, 0.6) is 0 Å². The Bertz CT molecular complexity index is 562. The molecule has 1 aromatic rings. The van der Waals surface area contributed by atoms with Crippen molar-refractivity contribution in [2.45, 2.75) is 38.3 Å². The van der Waals surface area contributed by atoms with E-state index < -0.39 is 4.92 Å². The molecule has 1 aromatic carbocycles. The highest BCUT2D eigenvalue weighted by Crippen LogP contribution is 2.32. The van der Waals surface area contributed by atoms with Gasteiger partial charge in [0.05, 0.1) is 17.4 Å². The minimum Gasteiger partial charge on any atom is -0.392 e. The van der Waals surface area contributed by atoms with Crippen LogP contribution in [0.3, 0.4) is 0 Å². The lowest BCUT2D eigenvalue weighted by molar-refractivity contribution is -0.384. The zero-order valence-electron chi connectivity index (χ0n) is 12.5. The minimum atomic E-state index is -0.457. The molecule has 2 rings (SSSR count). The van der Waals surface area contributed by atoms with E-state index in [2.05, 4.69) is 10.6 Å². The number of nitro benzene ring substituents is 1. The van der Waals surface area contributed by atoms with Crippen molar-refractivity contribution in [3.63, 3.8) is 0 Å². The zero-order chi connectivity index (χ0) is 16.1. The maximum atomic E-state index is 12.0. The third kappa shape index (κ3) is 3.54. The van der Waals surface area contributed by atoms with E-state index in [0.29, 0.717) is 11.3 Å². The lowest BCUT2D eigenvalue weighted by Crippen LogP contribution is -2.41. The standard InChI is InChI=1S/C15H21N3O4/c1-16-15(20)11-4-2-3-5-12(11)17-13-8-10(9-19)6-7-14(13)18(21)22/h6-8,11-12,17,19H,2-5,9H2,1H3,(H,16,20). The Balaban J connectivity index is 2.27. The second-order valence-electron chi connectivity index (χ2n) is 5.52. The zero-order valence-corrected chi connectivity index (χ0v) is 12.5. The summed E-state index contributed by atoms with van der Waals surface area (Å²) < 4.78 is 0. The summed E-state index contributed by atoms with van der Waals surface area (Å²) in [5, 5.41) is 26.2. The summed E-state index contributed by atoms with van der Waals surface area (Å²) >= 11 is 0. The Hall–Kier alpha value is -2.15. The number of carbonyl (C=O) groups excluding carboxylic acids is 1. The molecule has 22 heavy (non-hydrogen) atoms. The maximum Gasteiger partial charge on any atom is 0.292 e. The van der Waals surface area contributed by atoms with E-state index in [9.17, 15) is 20.0 Å². The number of benzene rings is 1. The topological polar surface area (TPSA) is 104 Å². The number of nitrogens with zero attached hydrogens (tertiary/aromatic N) is 1. The first-order chi connectivity index (χ1) is 10.6. The summed E-state index contributed by atoms with van der Waals surface area (Å²) in [4.78, 5) is 22.7. The third-order valence-electron chi connectivity index (χ3n) is 4.13. The molecule has 0 radical (unpaired) electrons. The van der Waals surface area contributed by atoms with Crippen molar-refractivity contribution in [3.05, 3.63) is 33.9 Å². The van der Waals surface area contributed by atoms with E-state index in [4.69, 9.17) is 0 Å². The number of aliphatic hydroxyl groups is 1. The van der Waals surface area contributed by atoms with Gasteiger partial charge in [0.15, 0.2) is 0 Å². The largest absolute Gasteiger partial charge is 0.392 e. The van der Waals surface area contributed by atoms with Gasteiger partial charge in [0.1, 0.15) is 5.69 Å². The molecule has 0 spiro atoms. The van der Waals surface area contributed by atoms with Gasteiger partial charge in [-0.3, -0.25) is 14.9 Å². The van der Waals surface area contributed by atoms with Crippen molar-refractivity contribution in [1.82, 2.24) is 5.32 Å². The van der Waals surface area contributed by atoms with Crippen molar-refractivity contribution in [1.29, 1.82) is 0 Å². The Morgan fingerprint density at radius 3 is 2.77 bits per heavy atom. The van der Waals surface area contributed by atoms with Crippen molar-refractivity contribution in [2.75, 3.05) is 12.4 Å². The quantitative estimate of drug-likeness (QED) is 0.568. The van der Waals surface area contributed by atoms with E-state index >= 15 is 0 Å². The van der Waals surface area contributed by atoms with Crippen molar-refractivity contribution < 1.29 is 14.8 Å². The first-order valence-corrected chi connectivity index (χ1v) is 7.43. The molecule has 1 aliphatic rings. The molecule has 0 aliphatic heterocycles. The predicted octanol–water partition coefficient (Wildman–Crippen LogP) is 1.80. The number of nitro groups is 1. The van der Waals surface area contributed by atoms with E-state index in [1.807, 2.05) is 0 Å². The lowest BCUT2D eigenvalue weighted by atomic mass is 9.83. The molecule has 1 saturated carbocycles. The van der Waals surface area contributed by atoms with Crippen molar-refractivity contribution in [2.24, 2.45) is 5.92 Å². The van der Waals surface area contributed by atoms with Crippen LogP contribution in [-0.4, -0.2) is 29.0 Å². The van der Waals surface area contributed by atoms with Crippen molar-refractivity contribution in [3.8, 4) is 0 Å². The van der Waals surface area contributed by atoms with Gasteiger partial charge in [0.2, 0.25) is 5.91 Å². The fourth-order valence-corrected chi connectivity index (χ4v) is 2.96. The van der Waals surface area contributed by atoms with Crippen LogP contribution in [0.4, 0.5) is 11.4 Å². The molecule has 0 bridgehead atoms. The molecule has 1 fully saturated rings. The summed E-state index contributed by atoms with van der Waals surface area (Å²) in [6.45, 7) is -0.184. The maximum absolute atomic E-state index is 12.0. The predicted molar refractivity (Wildman–Crippen MR) is 82.5 cm³/mol. The average Bonchev–Trinajstić information content (AvgIpc) is 2.54. The number of nitrogens with one attached hydrogen (secondary N) is 2. The molecule has 0 aromatic heterocycles. The number of carbonyl (C=O) groups is 1. The Labute approximate surface area is 128 Å². The van der Waals surface area contributed by atoms with E-state index in [0.717, 1.165) is 25.7 Å². The van der Waals surface area contributed by atoms with Gasteiger partial charge in [-0.25, -0.2) is 0 Å². The number of anilines is 1. The summed E-state index contributed by atoms with van der Waals surface area (Å²) in [7, 11) is 1.60. The van der Waals surface area contributed by atoms with Gasteiger partial charge in [0.25, 0.3) is 5.69 Å². The van der Waals surface area contributed by atoms with Crippen LogP contribution in [-0.2, 0) is 11.4 Å². The molecule has 1 aliphatic carbocycles. The van der Waals surface area contributed by atoms with Crippen LogP contribution in [0.2, 0.25) is 0 Å². The number of hydrogen-bond acceptors (Lipinski definition) is 5. The van der Waals surface area contributed by atoms with Crippen LogP contribution in [0, 0.1) is 16.0 Å². The Kier molecular flexibility index (Phi) is 5.32. The Morgan fingerprint density at radius 1 is 1.41 bits per heavy atom. The molecular formula is C15H21N3O4. The van der Waals surface area contributed by atoms with Crippen LogP contribution in [0.15, 0.2) is 18.2 Å². The number of hydrogen-bond donors (Lipinski definition) is 3. The number of rotatable bonds is 5. The van der Waals surface area contributed by atoms with Gasteiger partial charge in [-0.1, -0.05) is 12.8 Å². The first kappa shape index (κ1) is 16.2. The number of amides is 1. The molecule has 0 saturated heterocycles. The average molecular weight is 307 g/mol. The Morgan fingerprint density at radius 2 is 2.14 bits per heavy atom. The monoisotopic (exact) mass is 307 g/mol. The first-order valence-electron chi connectivity index (χ1n) is 7.43. The SMILES string of the molecule is CNC(=O)C1CCCCC1Nc1cc(CO)ccc1[N+](=O)[O-]. The van der Waals surface area contributed by atoms with Gasteiger partial charge in [-0.2, -0.15) is 0 Å². The van der Waals surface area contributed by atoms with E-state index in [-0.39, 0.29) is 30.2 Å². The molecule has 2 unspecified atom stereocenters. The minimum absolute atomic E-state index is 0.0431. The fourth-order valence-electron chi connectivity index (χ4n) is 2.96. The third-order valence-corrected chi connectivity index (χ3v) is 4.13. The van der Waals surface area contributed by atoms with Gasteiger partial charge in [0, 0.05) is 19.2 Å². The van der Waals surface area contributed by atoms with E-state index in [1.54, 1.807) is 13.1 Å². The fraction of sp³-hybridized carbons (Fsp3) is 0.533. The smallest absolute Gasteiger partial charge is 0.292 e. The lowest BCUT2D eigenvalue weighted by Gasteiger charge is -2.31. The molecular weight excluding hydrogens is 286 g/mol. The summed E-state index contributed by atoms with van der Waals surface area (Å²) in [6, 6.07) is 4.35. The number of aliphatic hydroxyl groups excluding tert-OH is 1. The second kappa shape index (κ2) is 7.22. The highest BCUT2D eigenvalue weighted by Gasteiger charge is 2.31. The van der Waals surface area contributed by atoms with Gasteiger partial charge >= 0.3 is 0 Å². The molecule has 3 N–H and O–H groups in total. The van der Waals surface area contributed by atoms with Crippen LogP contribution in [0.1, 0.15) is 31.2 Å². The normalized spacial score (nSPS) is 21.2. The summed E-state index contributed by atoms with van der Waals surface area (Å²) in [5.41, 5.74) is 0.913. The molecule has 7 heteroatoms. The molecule has 120 valence electrons. The molecule has 7 nitrogen and oxygen atoms in total. The van der Waals surface area contributed by atoms with Crippen LogP contribution >= 0.6 is 0 Å². The summed E-state index contributed by atoms with van der Waals surface area (Å²) in [5.74, 6) is -0.241. The molecule has 0 heterocycles. The van der Waals surface area contributed by atoms with Crippen molar-refractivity contribution >= 4 is 17.3 Å². The van der Waals surface area contributed by atoms with Crippen LogP contribution in [0.25, 0.3) is 0 Å². The highest BCUT2D eigenvalue weighted by atomic mass is 16.6. The van der Waals surface area contributed by atoms with Gasteiger partial charge in [-0.05, 0) is 30.5 Å². The summed E-state index contributed by atoms with van der Waals surface area (Å²) in [6.07, 6.45) is 3.52. The van der Waals surface area contributed by atoms with E-state index in [1.165, 1.54) is 12.1 Å². The molecule has 2 atom stereocenters. The van der Waals surface area contributed by atoms with Gasteiger partial charge in [-0.15, -0.1) is 0 Å². The van der Waals surface area contributed by atoms with Crippen LogP contribution < -0.4 is 10.6 Å². The molecule has 1 amide bonds. The van der Waals surface area contributed by atoms with Gasteiger partial charge < -0.3 is 15.7 Å².